The molecule has 7 heteroatoms. The highest BCUT2D eigenvalue weighted by molar-refractivity contribution is 6.29. The van der Waals surface area contributed by atoms with E-state index in [1.807, 2.05) is 0 Å². The zero-order chi connectivity index (χ0) is 12.3. The molecule has 0 saturated heterocycles. The second kappa shape index (κ2) is 4.84. The van der Waals surface area contributed by atoms with Crippen LogP contribution in [-0.4, -0.2) is 20.9 Å². The van der Waals surface area contributed by atoms with Crippen LogP contribution in [0.5, 0.6) is 0 Å². The number of rotatable bonds is 2. The van der Waals surface area contributed by atoms with Crippen molar-refractivity contribution < 1.29 is 9.18 Å². The number of carbonyl (C=O) groups excluding carboxylic acids is 1. The summed E-state index contributed by atoms with van der Waals surface area (Å²) in [5.41, 5.74) is 0.0774. The number of aromatic nitrogens is 3. The zero-order valence-electron chi connectivity index (χ0n) is 8.39. The van der Waals surface area contributed by atoms with Gasteiger partial charge in [-0.2, -0.15) is 0 Å². The van der Waals surface area contributed by atoms with Gasteiger partial charge < -0.3 is 0 Å². The molecular formula is C10H6ClFN4O. The molecule has 0 bridgehead atoms. The van der Waals surface area contributed by atoms with Gasteiger partial charge in [0, 0.05) is 12.4 Å². The van der Waals surface area contributed by atoms with Crippen molar-refractivity contribution in [2.45, 2.75) is 0 Å². The molecule has 86 valence electrons. The van der Waals surface area contributed by atoms with E-state index >= 15 is 0 Å². The number of pyridine rings is 1. The lowest BCUT2D eigenvalue weighted by Gasteiger charge is -2.02. The minimum absolute atomic E-state index is 0.0479. The Balaban J connectivity index is 2.17. The van der Waals surface area contributed by atoms with Gasteiger partial charge in [0.15, 0.2) is 0 Å². The van der Waals surface area contributed by atoms with Crippen molar-refractivity contribution in [3.8, 4) is 0 Å². The Morgan fingerprint density at radius 3 is 2.94 bits per heavy atom. The minimum Gasteiger partial charge on any atom is -0.290 e. The average molecular weight is 253 g/mol. The summed E-state index contributed by atoms with van der Waals surface area (Å²) in [6, 6.07) is 2.54. The first-order valence-corrected chi connectivity index (χ1v) is 4.93. The fraction of sp³-hybridized carbons (Fsp3) is 0. The molecule has 17 heavy (non-hydrogen) atoms. The van der Waals surface area contributed by atoms with Crippen LogP contribution < -0.4 is 5.32 Å². The Hall–Kier alpha value is -2.08. The molecule has 1 N–H and O–H groups in total. The van der Waals surface area contributed by atoms with E-state index in [4.69, 9.17) is 11.6 Å². The first-order valence-electron chi connectivity index (χ1n) is 4.55. The molecule has 1 amide bonds. The number of halogens is 2. The normalized spacial score (nSPS) is 10.0. The van der Waals surface area contributed by atoms with E-state index < -0.39 is 11.7 Å². The van der Waals surface area contributed by atoms with E-state index in [1.165, 1.54) is 18.5 Å². The van der Waals surface area contributed by atoms with Crippen molar-refractivity contribution in [3.63, 3.8) is 0 Å². The van der Waals surface area contributed by atoms with Gasteiger partial charge in [-0.25, -0.2) is 14.4 Å². The predicted octanol–water partition coefficient (Wildman–Crippen LogP) is 1.92. The van der Waals surface area contributed by atoms with Crippen LogP contribution in [0.4, 0.5) is 10.3 Å². The molecule has 0 saturated carbocycles. The van der Waals surface area contributed by atoms with E-state index in [0.717, 1.165) is 12.3 Å². The highest BCUT2D eigenvalue weighted by atomic mass is 35.5. The molecule has 5 nitrogen and oxygen atoms in total. The lowest BCUT2D eigenvalue weighted by atomic mass is 10.2. The van der Waals surface area contributed by atoms with Crippen LogP contribution in [0, 0.1) is 5.82 Å². The van der Waals surface area contributed by atoms with Crippen LogP contribution in [0.2, 0.25) is 5.15 Å². The summed E-state index contributed by atoms with van der Waals surface area (Å²) >= 11 is 5.62. The molecule has 0 spiro atoms. The van der Waals surface area contributed by atoms with Crippen LogP contribution in [0.25, 0.3) is 0 Å². The highest BCUT2D eigenvalue weighted by Crippen LogP contribution is 2.08. The average Bonchev–Trinajstić information content (AvgIpc) is 2.29. The second-order valence-corrected chi connectivity index (χ2v) is 3.44. The number of nitrogens with one attached hydrogen (secondary N) is 1. The van der Waals surface area contributed by atoms with Gasteiger partial charge in [0.05, 0.1) is 11.8 Å². The van der Waals surface area contributed by atoms with Crippen molar-refractivity contribution in [3.05, 3.63) is 47.3 Å². The number of hydrogen-bond donors (Lipinski definition) is 1. The smallest absolute Gasteiger partial charge is 0.259 e. The van der Waals surface area contributed by atoms with E-state index in [0.29, 0.717) is 0 Å². The molecule has 2 heterocycles. The number of anilines is 1. The monoisotopic (exact) mass is 252 g/mol. The molecule has 2 rings (SSSR count). The Bertz CT molecular complexity index is 564. The van der Waals surface area contributed by atoms with Crippen molar-refractivity contribution in [2.24, 2.45) is 0 Å². The van der Waals surface area contributed by atoms with Crippen LogP contribution in [-0.2, 0) is 0 Å². The SMILES string of the molecule is O=C(Nc1nccc(Cl)n1)c1cncc(F)c1. The number of hydrogen-bond acceptors (Lipinski definition) is 4. The summed E-state index contributed by atoms with van der Waals surface area (Å²) in [6.45, 7) is 0. The third-order valence-corrected chi connectivity index (χ3v) is 2.02. The molecule has 2 aromatic rings. The molecule has 2 aromatic heterocycles. The van der Waals surface area contributed by atoms with Gasteiger partial charge in [0.25, 0.3) is 5.91 Å². The quantitative estimate of drug-likeness (QED) is 0.829. The van der Waals surface area contributed by atoms with Crippen LogP contribution >= 0.6 is 11.6 Å². The van der Waals surface area contributed by atoms with Gasteiger partial charge >= 0.3 is 0 Å². The van der Waals surface area contributed by atoms with Gasteiger partial charge in [0.1, 0.15) is 11.0 Å². The van der Waals surface area contributed by atoms with Crippen molar-refractivity contribution >= 4 is 23.5 Å². The fourth-order valence-electron chi connectivity index (χ4n) is 1.11. The molecule has 0 fully saturated rings. The van der Waals surface area contributed by atoms with Gasteiger partial charge in [-0.1, -0.05) is 11.6 Å². The van der Waals surface area contributed by atoms with Crippen LogP contribution in [0.15, 0.2) is 30.7 Å². The summed E-state index contributed by atoms with van der Waals surface area (Å²) < 4.78 is 12.8. The molecule has 0 aliphatic carbocycles. The van der Waals surface area contributed by atoms with E-state index in [-0.39, 0.29) is 16.7 Å². The van der Waals surface area contributed by atoms with E-state index in [2.05, 4.69) is 20.3 Å². The maximum absolute atomic E-state index is 12.8. The lowest BCUT2D eigenvalue weighted by molar-refractivity contribution is 0.102. The Morgan fingerprint density at radius 1 is 1.41 bits per heavy atom. The zero-order valence-corrected chi connectivity index (χ0v) is 9.15. The summed E-state index contributed by atoms with van der Waals surface area (Å²) in [7, 11) is 0. The minimum atomic E-state index is -0.593. The molecule has 0 radical (unpaired) electrons. The molecule has 0 aliphatic rings. The maximum atomic E-state index is 12.8. The van der Waals surface area contributed by atoms with Gasteiger partial charge in [-0.15, -0.1) is 0 Å². The number of nitrogens with zero attached hydrogens (tertiary/aromatic N) is 3. The van der Waals surface area contributed by atoms with Crippen LogP contribution in [0.3, 0.4) is 0 Å². The highest BCUT2D eigenvalue weighted by Gasteiger charge is 2.09. The first-order chi connectivity index (χ1) is 8.15. The van der Waals surface area contributed by atoms with Crippen molar-refractivity contribution in [1.29, 1.82) is 0 Å². The summed E-state index contributed by atoms with van der Waals surface area (Å²) in [5, 5.41) is 2.58. The Kier molecular flexibility index (Phi) is 3.24. The van der Waals surface area contributed by atoms with Crippen molar-refractivity contribution in [2.75, 3.05) is 5.32 Å². The summed E-state index contributed by atoms with van der Waals surface area (Å²) in [6.07, 6.45) is 3.64. The molecular weight excluding hydrogens is 247 g/mol. The van der Waals surface area contributed by atoms with Gasteiger partial charge in [0.2, 0.25) is 5.95 Å². The fourth-order valence-corrected chi connectivity index (χ4v) is 1.24. The maximum Gasteiger partial charge on any atom is 0.259 e. The third-order valence-electron chi connectivity index (χ3n) is 1.81. The van der Waals surface area contributed by atoms with Crippen molar-refractivity contribution in [1.82, 2.24) is 15.0 Å². The Morgan fingerprint density at radius 2 is 2.24 bits per heavy atom. The molecule has 0 aromatic carbocycles. The lowest BCUT2D eigenvalue weighted by Crippen LogP contribution is -2.14. The second-order valence-electron chi connectivity index (χ2n) is 3.05. The molecule has 0 unspecified atom stereocenters. The third kappa shape index (κ3) is 2.94. The molecule has 0 aliphatic heterocycles. The number of carbonyl (C=O) groups is 1. The van der Waals surface area contributed by atoms with E-state index in [1.54, 1.807) is 0 Å². The topological polar surface area (TPSA) is 67.8 Å². The molecule has 0 atom stereocenters. The largest absolute Gasteiger partial charge is 0.290 e. The summed E-state index contributed by atoms with van der Waals surface area (Å²) in [5.74, 6) is -1.10. The van der Waals surface area contributed by atoms with Gasteiger partial charge in [-0.3, -0.25) is 15.1 Å². The summed E-state index contributed by atoms with van der Waals surface area (Å²) in [4.78, 5) is 22.8. The van der Waals surface area contributed by atoms with Gasteiger partial charge in [-0.05, 0) is 12.1 Å². The standard InChI is InChI=1S/C10H6ClFN4O/c11-8-1-2-14-10(15-8)16-9(17)6-3-7(12)5-13-4-6/h1-5H,(H,14,15,16,17). The van der Waals surface area contributed by atoms with E-state index in [9.17, 15) is 9.18 Å². The predicted molar refractivity (Wildman–Crippen MR) is 59.2 cm³/mol. The Labute approximate surface area is 101 Å². The first kappa shape index (κ1) is 11.4. The van der Waals surface area contributed by atoms with Crippen LogP contribution in [0.1, 0.15) is 10.4 Å². The number of amides is 1.